The number of anilines is 1. The SMILES string of the molecule is Cc1ccc(NC(=O)C[C@H](CCC#N)c2noc(C3CC(CC(C)C)C3)c2C2CC2)c(C)c1. The van der Waals surface area contributed by atoms with Crippen molar-refractivity contribution < 1.29 is 9.32 Å². The third-order valence-corrected chi connectivity index (χ3v) is 7.26. The number of benzene rings is 1. The number of nitrogens with one attached hydrogen (secondary N) is 1. The van der Waals surface area contributed by atoms with E-state index in [4.69, 9.17) is 4.52 Å². The van der Waals surface area contributed by atoms with Crippen molar-refractivity contribution in [2.24, 2.45) is 11.8 Å². The maximum Gasteiger partial charge on any atom is 0.225 e. The molecule has 2 fully saturated rings. The van der Waals surface area contributed by atoms with E-state index in [-0.39, 0.29) is 11.8 Å². The Balaban J connectivity index is 1.50. The fraction of sp³-hybridized carbons (Fsp3) is 0.607. The van der Waals surface area contributed by atoms with Gasteiger partial charge in [-0.3, -0.25) is 4.79 Å². The zero-order chi connectivity index (χ0) is 23.5. The van der Waals surface area contributed by atoms with Crippen molar-refractivity contribution in [3.63, 3.8) is 0 Å². The molecule has 0 spiro atoms. The summed E-state index contributed by atoms with van der Waals surface area (Å²) in [7, 11) is 0. The van der Waals surface area contributed by atoms with E-state index in [1.165, 1.54) is 43.2 Å². The number of nitrogens with zero attached hydrogens (tertiary/aromatic N) is 2. The number of aromatic nitrogens is 1. The lowest BCUT2D eigenvalue weighted by atomic mass is 9.69. The minimum atomic E-state index is -0.0879. The van der Waals surface area contributed by atoms with E-state index in [0.29, 0.717) is 31.1 Å². The smallest absolute Gasteiger partial charge is 0.225 e. The van der Waals surface area contributed by atoms with Crippen LogP contribution in [0.5, 0.6) is 0 Å². The van der Waals surface area contributed by atoms with Gasteiger partial charge in [0.05, 0.1) is 11.8 Å². The summed E-state index contributed by atoms with van der Waals surface area (Å²) in [6, 6.07) is 8.30. The summed E-state index contributed by atoms with van der Waals surface area (Å²) < 4.78 is 5.98. The van der Waals surface area contributed by atoms with Gasteiger partial charge in [0.2, 0.25) is 5.91 Å². The van der Waals surface area contributed by atoms with Gasteiger partial charge in [-0.15, -0.1) is 0 Å². The van der Waals surface area contributed by atoms with Crippen LogP contribution in [0.25, 0.3) is 0 Å². The van der Waals surface area contributed by atoms with Gasteiger partial charge >= 0.3 is 0 Å². The Morgan fingerprint density at radius 3 is 2.64 bits per heavy atom. The Morgan fingerprint density at radius 1 is 1.24 bits per heavy atom. The van der Waals surface area contributed by atoms with Gasteiger partial charge in [0, 0.05) is 35.9 Å². The number of nitriles is 1. The van der Waals surface area contributed by atoms with E-state index in [1.54, 1.807) is 0 Å². The van der Waals surface area contributed by atoms with Crippen molar-refractivity contribution in [3.05, 3.63) is 46.3 Å². The van der Waals surface area contributed by atoms with E-state index < -0.39 is 0 Å². The largest absolute Gasteiger partial charge is 0.361 e. The molecular formula is C28H37N3O2. The molecular weight excluding hydrogens is 410 g/mol. The van der Waals surface area contributed by atoms with Crippen LogP contribution >= 0.6 is 0 Å². The zero-order valence-electron chi connectivity index (χ0n) is 20.5. The lowest BCUT2D eigenvalue weighted by Gasteiger charge is -2.35. The lowest BCUT2D eigenvalue weighted by Crippen LogP contribution is -2.24. The van der Waals surface area contributed by atoms with Gasteiger partial charge in [-0.05, 0) is 81.8 Å². The van der Waals surface area contributed by atoms with E-state index in [2.05, 4.69) is 36.5 Å². The number of amides is 1. The topological polar surface area (TPSA) is 78.9 Å². The number of aryl methyl sites for hydroxylation is 2. The molecule has 0 aliphatic heterocycles. The first-order valence-corrected chi connectivity index (χ1v) is 12.6. The Morgan fingerprint density at radius 2 is 2.00 bits per heavy atom. The fourth-order valence-corrected chi connectivity index (χ4v) is 5.46. The summed E-state index contributed by atoms with van der Waals surface area (Å²) in [5.41, 5.74) is 5.28. The van der Waals surface area contributed by atoms with Crippen LogP contribution in [0.1, 0.15) is 111 Å². The van der Waals surface area contributed by atoms with Crippen molar-refractivity contribution >= 4 is 11.6 Å². The van der Waals surface area contributed by atoms with Gasteiger partial charge in [-0.25, -0.2) is 0 Å². The molecule has 5 nitrogen and oxygen atoms in total. The van der Waals surface area contributed by atoms with Gasteiger partial charge in [-0.1, -0.05) is 36.7 Å². The molecule has 5 heteroatoms. The van der Waals surface area contributed by atoms with Crippen molar-refractivity contribution in [2.75, 3.05) is 5.32 Å². The lowest BCUT2D eigenvalue weighted by molar-refractivity contribution is -0.116. The molecule has 0 radical (unpaired) electrons. The molecule has 1 amide bonds. The fourth-order valence-electron chi connectivity index (χ4n) is 5.46. The molecule has 1 heterocycles. The van der Waals surface area contributed by atoms with Crippen LogP contribution in [0.3, 0.4) is 0 Å². The second kappa shape index (κ2) is 10.1. The van der Waals surface area contributed by atoms with Gasteiger partial charge in [0.15, 0.2) is 0 Å². The number of carbonyl (C=O) groups is 1. The summed E-state index contributed by atoms with van der Waals surface area (Å²) in [6.45, 7) is 8.64. The molecule has 1 aromatic heterocycles. The van der Waals surface area contributed by atoms with Gasteiger partial charge < -0.3 is 9.84 Å². The first-order valence-electron chi connectivity index (χ1n) is 12.6. The zero-order valence-corrected chi connectivity index (χ0v) is 20.5. The van der Waals surface area contributed by atoms with E-state index in [0.717, 1.165) is 34.5 Å². The van der Waals surface area contributed by atoms with Gasteiger partial charge in [0.25, 0.3) is 0 Å². The molecule has 2 aliphatic carbocycles. The van der Waals surface area contributed by atoms with Crippen LogP contribution in [0, 0.1) is 37.0 Å². The highest BCUT2D eigenvalue weighted by Gasteiger charge is 2.41. The first kappa shape index (κ1) is 23.5. The second-order valence-corrected chi connectivity index (χ2v) is 10.7. The van der Waals surface area contributed by atoms with Crippen LogP contribution < -0.4 is 5.32 Å². The molecule has 1 N–H and O–H groups in total. The highest BCUT2D eigenvalue weighted by atomic mass is 16.5. The van der Waals surface area contributed by atoms with E-state index in [1.807, 2.05) is 26.0 Å². The average molecular weight is 448 g/mol. The predicted octanol–water partition coefficient (Wildman–Crippen LogP) is 7.12. The van der Waals surface area contributed by atoms with Gasteiger partial charge in [-0.2, -0.15) is 5.26 Å². The number of hydrogen-bond donors (Lipinski definition) is 1. The number of carbonyl (C=O) groups excluding carboxylic acids is 1. The Hall–Kier alpha value is -2.61. The molecule has 2 saturated carbocycles. The van der Waals surface area contributed by atoms with Crippen LogP contribution in [0.2, 0.25) is 0 Å². The van der Waals surface area contributed by atoms with Crippen LogP contribution in [-0.2, 0) is 4.79 Å². The highest BCUT2D eigenvalue weighted by molar-refractivity contribution is 5.92. The van der Waals surface area contributed by atoms with E-state index >= 15 is 0 Å². The summed E-state index contributed by atoms with van der Waals surface area (Å²) in [5.74, 6) is 3.45. The average Bonchev–Trinajstić information content (AvgIpc) is 3.48. The van der Waals surface area contributed by atoms with E-state index in [9.17, 15) is 10.1 Å². The number of hydrogen-bond acceptors (Lipinski definition) is 4. The Bertz CT molecular complexity index is 1020. The minimum Gasteiger partial charge on any atom is -0.361 e. The Kier molecular flexibility index (Phi) is 7.22. The van der Waals surface area contributed by atoms with Crippen molar-refractivity contribution in [2.45, 2.75) is 96.8 Å². The summed E-state index contributed by atoms with van der Waals surface area (Å²) in [5, 5.41) is 16.9. The maximum atomic E-state index is 13.0. The predicted molar refractivity (Wildman–Crippen MR) is 130 cm³/mol. The third-order valence-electron chi connectivity index (χ3n) is 7.26. The van der Waals surface area contributed by atoms with Gasteiger partial charge in [0.1, 0.15) is 5.76 Å². The molecule has 2 aliphatic rings. The third kappa shape index (κ3) is 5.66. The summed E-state index contributed by atoms with van der Waals surface area (Å²) in [4.78, 5) is 13.0. The van der Waals surface area contributed by atoms with Crippen molar-refractivity contribution in [1.29, 1.82) is 5.26 Å². The molecule has 1 aromatic carbocycles. The molecule has 33 heavy (non-hydrogen) atoms. The quantitative estimate of drug-likeness (QED) is 0.420. The first-order chi connectivity index (χ1) is 15.9. The normalized spacial score (nSPS) is 20.8. The standard InChI is InChI=1S/C28H37N3O2/c1-17(2)12-20-14-23(15-20)28-26(21-8-9-21)27(31-33-28)22(6-5-11-29)16-25(32)30-24-10-7-18(3)13-19(24)4/h7,10,13,17,20-23H,5-6,8-9,12,14-16H2,1-4H3,(H,30,32)/t20?,22-,23?/m0/s1. The summed E-state index contributed by atoms with van der Waals surface area (Å²) >= 11 is 0. The van der Waals surface area contributed by atoms with Crippen molar-refractivity contribution in [1.82, 2.24) is 5.16 Å². The maximum absolute atomic E-state index is 13.0. The molecule has 4 rings (SSSR count). The van der Waals surface area contributed by atoms with Crippen LogP contribution in [0.15, 0.2) is 22.7 Å². The van der Waals surface area contributed by atoms with Crippen molar-refractivity contribution in [3.8, 4) is 6.07 Å². The molecule has 0 saturated heterocycles. The van der Waals surface area contributed by atoms with Crippen LogP contribution in [-0.4, -0.2) is 11.1 Å². The summed E-state index contributed by atoms with van der Waals surface area (Å²) in [6.07, 6.45) is 7.34. The molecule has 0 unspecified atom stereocenters. The monoisotopic (exact) mass is 447 g/mol. The Labute approximate surface area is 197 Å². The van der Waals surface area contributed by atoms with Crippen LogP contribution in [0.4, 0.5) is 5.69 Å². The minimum absolute atomic E-state index is 0.0307. The molecule has 1 atom stereocenters. The second-order valence-electron chi connectivity index (χ2n) is 10.7. The molecule has 2 aromatic rings. The number of rotatable bonds is 10. The molecule has 176 valence electrons. The highest BCUT2D eigenvalue weighted by Crippen LogP contribution is 2.52. The molecule has 0 bridgehead atoms.